The minimum absolute atomic E-state index is 0.0395. The van der Waals surface area contributed by atoms with Crippen LogP contribution in [0.25, 0.3) is 0 Å². The van der Waals surface area contributed by atoms with Crippen molar-refractivity contribution < 1.29 is 9.13 Å². The summed E-state index contributed by atoms with van der Waals surface area (Å²) in [6.07, 6.45) is 0.0395. The minimum Gasteiger partial charge on any atom is -0.374 e. The predicted octanol–water partition coefficient (Wildman–Crippen LogP) is 2.85. The highest BCUT2D eigenvalue weighted by Gasteiger charge is 2.31. The van der Waals surface area contributed by atoms with Crippen LogP contribution >= 0.6 is 11.6 Å². The van der Waals surface area contributed by atoms with Gasteiger partial charge in [0.15, 0.2) is 0 Å². The Morgan fingerprint density at radius 3 is 2.90 bits per heavy atom. The van der Waals surface area contributed by atoms with E-state index in [1.54, 1.807) is 12.1 Å². The van der Waals surface area contributed by atoms with Gasteiger partial charge in [-0.25, -0.2) is 4.39 Å². The highest BCUT2D eigenvalue weighted by atomic mass is 35.5. The van der Waals surface area contributed by atoms with Crippen LogP contribution in [0.4, 0.5) is 4.39 Å². The molecule has 1 aromatic rings. The zero-order valence-corrected chi connectivity index (χ0v) is 13.0. The van der Waals surface area contributed by atoms with Crippen molar-refractivity contribution in [1.82, 2.24) is 10.2 Å². The molecule has 112 valence electrons. The lowest BCUT2D eigenvalue weighted by atomic mass is 9.98. The molecule has 0 spiro atoms. The van der Waals surface area contributed by atoms with Crippen LogP contribution in [0.1, 0.15) is 25.5 Å². The highest BCUT2D eigenvalue weighted by Crippen LogP contribution is 2.30. The lowest BCUT2D eigenvalue weighted by Crippen LogP contribution is -2.48. The number of nitrogens with zero attached hydrogens (tertiary/aromatic N) is 1. The van der Waals surface area contributed by atoms with Crippen LogP contribution in [0.5, 0.6) is 0 Å². The smallest absolute Gasteiger partial charge is 0.141 e. The molecule has 2 unspecified atom stereocenters. The number of hydrogen-bond acceptors (Lipinski definition) is 3. The first kappa shape index (κ1) is 15.7. The van der Waals surface area contributed by atoms with Gasteiger partial charge in [-0.05, 0) is 24.7 Å². The van der Waals surface area contributed by atoms with Crippen molar-refractivity contribution in [2.45, 2.75) is 32.0 Å². The van der Waals surface area contributed by atoms with Gasteiger partial charge in [-0.2, -0.15) is 0 Å². The Bertz CT molecular complexity index is 455. The summed E-state index contributed by atoms with van der Waals surface area (Å²) in [5.41, 5.74) is 0.995. The molecule has 0 aromatic heterocycles. The summed E-state index contributed by atoms with van der Waals surface area (Å²) in [5.74, 6) is -0.383. The summed E-state index contributed by atoms with van der Waals surface area (Å²) in [6.45, 7) is 6.55. The molecule has 1 saturated heterocycles. The third-order valence-electron chi connectivity index (χ3n) is 3.62. The number of hydrogen-bond donors (Lipinski definition) is 1. The lowest BCUT2D eigenvalue weighted by Gasteiger charge is -2.40. The van der Waals surface area contributed by atoms with Crippen LogP contribution in [0.3, 0.4) is 0 Å². The van der Waals surface area contributed by atoms with Crippen LogP contribution < -0.4 is 5.32 Å². The van der Waals surface area contributed by atoms with Gasteiger partial charge < -0.3 is 10.1 Å². The van der Waals surface area contributed by atoms with E-state index in [2.05, 4.69) is 31.1 Å². The number of halogens is 2. The lowest BCUT2D eigenvalue weighted by molar-refractivity contribution is -0.0620. The maximum atomic E-state index is 13.3. The van der Waals surface area contributed by atoms with Crippen molar-refractivity contribution in [3.05, 3.63) is 34.6 Å². The fraction of sp³-hybridized carbons (Fsp3) is 0.600. The van der Waals surface area contributed by atoms with Crippen molar-refractivity contribution in [2.24, 2.45) is 0 Å². The van der Waals surface area contributed by atoms with Crippen LogP contribution in [0, 0.1) is 5.82 Å². The molecule has 0 radical (unpaired) electrons. The molecule has 1 aliphatic heterocycles. The Balaban J connectivity index is 2.20. The molecule has 0 amide bonds. The molecule has 0 aliphatic carbocycles. The summed E-state index contributed by atoms with van der Waals surface area (Å²) >= 11 is 5.91. The Morgan fingerprint density at radius 2 is 2.25 bits per heavy atom. The Labute approximate surface area is 125 Å². The number of benzene rings is 1. The van der Waals surface area contributed by atoms with Crippen molar-refractivity contribution in [1.29, 1.82) is 0 Å². The number of morpholine rings is 1. The van der Waals surface area contributed by atoms with E-state index in [1.807, 2.05) is 0 Å². The summed E-state index contributed by atoms with van der Waals surface area (Å²) in [6, 6.07) is 5.41. The zero-order chi connectivity index (χ0) is 14.7. The van der Waals surface area contributed by atoms with E-state index in [9.17, 15) is 4.39 Å². The maximum Gasteiger partial charge on any atom is 0.141 e. The summed E-state index contributed by atoms with van der Waals surface area (Å²) in [7, 11) is 2.06. The van der Waals surface area contributed by atoms with Gasteiger partial charge in [0.05, 0.1) is 23.8 Å². The summed E-state index contributed by atoms with van der Waals surface area (Å²) in [4.78, 5) is 2.24. The van der Waals surface area contributed by atoms with Crippen LogP contribution in [-0.4, -0.2) is 43.8 Å². The van der Waals surface area contributed by atoms with Crippen LogP contribution in [0.15, 0.2) is 18.2 Å². The molecule has 1 N–H and O–H groups in total. The van der Waals surface area contributed by atoms with E-state index in [0.29, 0.717) is 12.6 Å². The molecule has 1 aromatic carbocycles. The number of nitrogens with one attached hydrogen (secondary N) is 1. The normalized spacial score (nSPS) is 24.3. The molecule has 0 saturated carbocycles. The highest BCUT2D eigenvalue weighted by molar-refractivity contribution is 6.30. The molecule has 3 nitrogen and oxygen atoms in total. The molecule has 5 heteroatoms. The molecule has 20 heavy (non-hydrogen) atoms. The van der Waals surface area contributed by atoms with Crippen molar-refractivity contribution >= 4 is 11.6 Å². The molecule has 2 rings (SSSR count). The average Bonchev–Trinajstić information content (AvgIpc) is 2.40. The predicted molar refractivity (Wildman–Crippen MR) is 79.7 cm³/mol. The third-order valence-corrected chi connectivity index (χ3v) is 3.91. The van der Waals surface area contributed by atoms with Gasteiger partial charge >= 0.3 is 0 Å². The van der Waals surface area contributed by atoms with Gasteiger partial charge in [0.2, 0.25) is 0 Å². The number of rotatable bonds is 4. The van der Waals surface area contributed by atoms with Gasteiger partial charge in [0, 0.05) is 19.1 Å². The van der Waals surface area contributed by atoms with Crippen molar-refractivity contribution in [2.75, 3.05) is 26.7 Å². The molecule has 0 bridgehead atoms. The molecule has 1 aliphatic rings. The van der Waals surface area contributed by atoms with Gasteiger partial charge in [0.25, 0.3) is 0 Å². The van der Waals surface area contributed by atoms with Crippen molar-refractivity contribution in [3.63, 3.8) is 0 Å². The van der Waals surface area contributed by atoms with Gasteiger partial charge in [0.1, 0.15) is 5.82 Å². The molecule has 2 atom stereocenters. The first-order chi connectivity index (χ1) is 9.49. The minimum atomic E-state index is -0.383. The quantitative estimate of drug-likeness (QED) is 0.925. The van der Waals surface area contributed by atoms with E-state index < -0.39 is 0 Å². The molecule has 1 fully saturated rings. The third kappa shape index (κ3) is 3.70. The van der Waals surface area contributed by atoms with Crippen LogP contribution in [0.2, 0.25) is 5.02 Å². The Kier molecular flexibility index (Phi) is 5.38. The fourth-order valence-electron chi connectivity index (χ4n) is 2.55. The first-order valence-electron chi connectivity index (χ1n) is 6.99. The second-order valence-electron chi connectivity index (χ2n) is 5.57. The standard InChI is InChI=1S/C15H22ClFN2O/c1-10(2)18-9-14-15(19(3)6-7-20-14)11-4-5-13(17)12(16)8-11/h4-5,8,10,14-15,18H,6-7,9H2,1-3H3. The molecular weight excluding hydrogens is 279 g/mol. The number of likely N-dealkylation sites (N-methyl/N-ethyl adjacent to an activating group) is 1. The maximum absolute atomic E-state index is 13.3. The number of ether oxygens (including phenoxy) is 1. The van der Waals surface area contributed by atoms with E-state index in [1.165, 1.54) is 6.07 Å². The van der Waals surface area contributed by atoms with E-state index in [4.69, 9.17) is 16.3 Å². The van der Waals surface area contributed by atoms with Gasteiger partial charge in [-0.3, -0.25) is 4.90 Å². The van der Waals surface area contributed by atoms with Crippen LogP contribution in [-0.2, 0) is 4.74 Å². The monoisotopic (exact) mass is 300 g/mol. The Morgan fingerprint density at radius 1 is 1.50 bits per heavy atom. The van der Waals surface area contributed by atoms with Crippen molar-refractivity contribution in [3.8, 4) is 0 Å². The van der Waals surface area contributed by atoms with E-state index >= 15 is 0 Å². The topological polar surface area (TPSA) is 24.5 Å². The Hall–Kier alpha value is -0.680. The largest absolute Gasteiger partial charge is 0.374 e. The first-order valence-corrected chi connectivity index (χ1v) is 7.37. The summed E-state index contributed by atoms with van der Waals surface area (Å²) < 4.78 is 19.2. The SMILES string of the molecule is CC(C)NCC1OCCN(C)C1c1ccc(F)c(Cl)c1. The zero-order valence-electron chi connectivity index (χ0n) is 12.2. The summed E-state index contributed by atoms with van der Waals surface area (Å²) in [5, 5.41) is 3.57. The van der Waals surface area contributed by atoms with E-state index in [0.717, 1.165) is 18.7 Å². The van der Waals surface area contributed by atoms with E-state index in [-0.39, 0.29) is 23.0 Å². The second kappa shape index (κ2) is 6.85. The van der Waals surface area contributed by atoms with Gasteiger partial charge in [-0.15, -0.1) is 0 Å². The molecule has 1 heterocycles. The fourth-order valence-corrected chi connectivity index (χ4v) is 2.74. The second-order valence-corrected chi connectivity index (χ2v) is 5.98. The molecular formula is C15H22ClFN2O. The average molecular weight is 301 g/mol. The van der Waals surface area contributed by atoms with Gasteiger partial charge in [-0.1, -0.05) is 31.5 Å².